The summed E-state index contributed by atoms with van der Waals surface area (Å²) >= 11 is 0. The molecule has 8 heteroatoms. The third kappa shape index (κ3) is 4.35. The average molecular weight is 373 g/mol. The first-order valence-electron chi connectivity index (χ1n) is 7.80. The predicted octanol–water partition coefficient (Wildman–Crippen LogP) is 3.53. The number of rotatable bonds is 8. The molecular weight excluding hydrogens is 354 g/mol. The van der Waals surface area contributed by atoms with Crippen LogP contribution in [0.2, 0.25) is 0 Å². The predicted molar refractivity (Wildman–Crippen MR) is 99.1 cm³/mol. The van der Waals surface area contributed by atoms with E-state index in [1.165, 1.54) is 52.7 Å². The van der Waals surface area contributed by atoms with Gasteiger partial charge in [-0.3, -0.25) is 14.9 Å². The van der Waals surface area contributed by atoms with Gasteiger partial charge in [0.1, 0.15) is 0 Å². The summed E-state index contributed by atoms with van der Waals surface area (Å²) in [7, 11) is 5.81. The Bertz CT molecular complexity index is 865. The molecule has 0 saturated heterocycles. The first-order valence-corrected chi connectivity index (χ1v) is 7.80. The fourth-order valence-corrected chi connectivity index (χ4v) is 2.45. The van der Waals surface area contributed by atoms with E-state index in [4.69, 9.17) is 18.9 Å². The van der Waals surface area contributed by atoms with Crippen LogP contribution in [0.3, 0.4) is 0 Å². The van der Waals surface area contributed by atoms with Crippen molar-refractivity contribution in [3.8, 4) is 23.0 Å². The topological polar surface area (TPSA) is 97.1 Å². The minimum absolute atomic E-state index is 0.0881. The molecule has 2 aromatic carbocycles. The normalized spacial score (nSPS) is 10.5. The van der Waals surface area contributed by atoms with Crippen molar-refractivity contribution in [2.45, 2.75) is 0 Å². The van der Waals surface area contributed by atoms with Crippen LogP contribution in [0.4, 0.5) is 5.69 Å². The molecule has 0 saturated carbocycles. The Kier molecular flexibility index (Phi) is 6.37. The van der Waals surface area contributed by atoms with Gasteiger partial charge in [0.15, 0.2) is 23.0 Å². The van der Waals surface area contributed by atoms with Crippen LogP contribution < -0.4 is 18.9 Å². The quantitative estimate of drug-likeness (QED) is 0.302. The Morgan fingerprint density at radius 1 is 0.926 bits per heavy atom. The van der Waals surface area contributed by atoms with E-state index in [-0.39, 0.29) is 17.0 Å². The van der Waals surface area contributed by atoms with Crippen LogP contribution in [-0.2, 0) is 0 Å². The number of nitro groups is 1. The Morgan fingerprint density at radius 2 is 1.52 bits per heavy atom. The Morgan fingerprint density at radius 3 is 2.00 bits per heavy atom. The van der Waals surface area contributed by atoms with Crippen LogP contribution in [-0.4, -0.2) is 39.1 Å². The smallest absolute Gasteiger partial charge is 0.311 e. The molecule has 0 heterocycles. The number of allylic oxidation sites excluding steroid dienone is 1. The van der Waals surface area contributed by atoms with Crippen molar-refractivity contribution < 1.29 is 28.7 Å². The molecule has 0 aliphatic rings. The lowest BCUT2D eigenvalue weighted by Gasteiger charge is -2.12. The molecule has 2 rings (SSSR count). The monoisotopic (exact) mass is 373 g/mol. The van der Waals surface area contributed by atoms with Crippen molar-refractivity contribution in [3.05, 3.63) is 57.6 Å². The number of nitro benzene ring substituents is 1. The highest BCUT2D eigenvalue weighted by atomic mass is 16.6. The number of carbonyl (C=O) groups is 1. The van der Waals surface area contributed by atoms with E-state index in [0.29, 0.717) is 22.8 Å². The molecule has 0 amide bonds. The van der Waals surface area contributed by atoms with Crippen LogP contribution in [0.1, 0.15) is 15.9 Å². The molecule has 0 spiro atoms. The molecule has 0 radical (unpaired) electrons. The SMILES string of the molecule is COc1ccc(C(=O)C=Cc2cc(OC)c(OC)c(OC)c2)cc1[N+](=O)[O-]. The second-order valence-corrected chi connectivity index (χ2v) is 5.30. The first kappa shape index (κ1) is 19.8. The van der Waals surface area contributed by atoms with Crippen LogP contribution >= 0.6 is 0 Å². The second kappa shape index (κ2) is 8.70. The summed E-state index contributed by atoms with van der Waals surface area (Å²) in [5.74, 6) is 1.03. The molecule has 2 aromatic rings. The van der Waals surface area contributed by atoms with Gasteiger partial charge in [0.2, 0.25) is 5.75 Å². The van der Waals surface area contributed by atoms with Gasteiger partial charge in [0, 0.05) is 11.6 Å². The summed E-state index contributed by atoms with van der Waals surface area (Å²) in [6, 6.07) is 7.40. The zero-order chi connectivity index (χ0) is 20.0. The van der Waals surface area contributed by atoms with Crippen LogP contribution in [0, 0.1) is 10.1 Å². The summed E-state index contributed by atoms with van der Waals surface area (Å²) < 4.78 is 20.7. The number of methoxy groups -OCH3 is 4. The van der Waals surface area contributed by atoms with Crippen molar-refractivity contribution in [1.29, 1.82) is 0 Å². The number of carbonyl (C=O) groups excluding carboxylic acids is 1. The standard InChI is InChI=1S/C19H19NO7/c1-24-16-8-6-13(11-14(16)20(22)23)15(21)7-5-12-9-17(25-2)19(27-4)18(10-12)26-3/h5-11H,1-4H3. The van der Waals surface area contributed by atoms with Crippen LogP contribution in [0.25, 0.3) is 6.08 Å². The van der Waals surface area contributed by atoms with Gasteiger partial charge in [-0.2, -0.15) is 0 Å². The average Bonchev–Trinajstić information content (AvgIpc) is 2.70. The summed E-state index contributed by atoms with van der Waals surface area (Å²) in [5.41, 5.74) is 0.539. The zero-order valence-corrected chi connectivity index (χ0v) is 15.3. The van der Waals surface area contributed by atoms with E-state index in [0.717, 1.165) is 0 Å². The maximum Gasteiger partial charge on any atom is 0.311 e. The Balaban J connectivity index is 2.34. The molecule has 27 heavy (non-hydrogen) atoms. The largest absolute Gasteiger partial charge is 0.493 e. The molecule has 0 bridgehead atoms. The fourth-order valence-electron chi connectivity index (χ4n) is 2.45. The minimum atomic E-state index is -0.599. The highest BCUT2D eigenvalue weighted by Crippen LogP contribution is 2.38. The van der Waals surface area contributed by atoms with Crippen molar-refractivity contribution in [3.63, 3.8) is 0 Å². The maximum absolute atomic E-state index is 12.4. The summed E-state index contributed by atoms with van der Waals surface area (Å²) in [6.07, 6.45) is 2.87. The van der Waals surface area contributed by atoms with Crippen molar-refractivity contribution >= 4 is 17.5 Å². The van der Waals surface area contributed by atoms with Crippen LogP contribution in [0.5, 0.6) is 23.0 Å². The van der Waals surface area contributed by atoms with Gasteiger partial charge in [-0.15, -0.1) is 0 Å². The second-order valence-electron chi connectivity index (χ2n) is 5.30. The molecule has 8 nitrogen and oxygen atoms in total. The van der Waals surface area contributed by atoms with Gasteiger partial charge in [0.25, 0.3) is 0 Å². The van der Waals surface area contributed by atoms with Gasteiger partial charge < -0.3 is 18.9 Å². The van der Waals surface area contributed by atoms with E-state index >= 15 is 0 Å². The van der Waals surface area contributed by atoms with Gasteiger partial charge in [0.05, 0.1) is 33.4 Å². The highest BCUT2D eigenvalue weighted by molar-refractivity contribution is 6.07. The maximum atomic E-state index is 12.4. The van der Waals surface area contributed by atoms with Crippen molar-refractivity contribution in [2.75, 3.05) is 28.4 Å². The van der Waals surface area contributed by atoms with E-state index in [1.54, 1.807) is 18.2 Å². The van der Waals surface area contributed by atoms with Crippen LogP contribution in [0.15, 0.2) is 36.4 Å². The van der Waals surface area contributed by atoms with E-state index in [2.05, 4.69) is 0 Å². The molecule has 0 aliphatic heterocycles. The van der Waals surface area contributed by atoms with Crippen molar-refractivity contribution in [2.24, 2.45) is 0 Å². The fraction of sp³-hybridized carbons (Fsp3) is 0.211. The third-order valence-electron chi connectivity index (χ3n) is 3.77. The van der Waals surface area contributed by atoms with E-state index < -0.39 is 10.7 Å². The third-order valence-corrected chi connectivity index (χ3v) is 3.77. The summed E-state index contributed by atoms with van der Waals surface area (Å²) in [4.78, 5) is 22.9. The van der Waals surface area contributed by atoms with Gasteiger partial charge in [-0.25, -0.2) is 0 Å². The summed E-state index contributed by atoms with van der Waals surface area (Å²) in [5, 5.41) is 11.1. The molecular formula is C19H19NO7. The number of nitrogens with zero attached hydrogens (tertiary/aromatic N) is 1. The highest BCUT2D eigenvalue weighted by Gasteiger charge is 2.17. The number of ether oxygens (including phenoxy) is 4. The van der Waals surface area contributed by atoms with Crippen molar-refractivity contribution in [1.82, 2.24) is 0 Å². The van der Waals surface area contributed by atoms with Gasteiger partial charge >= 0.3 is 5.69 Å². The van der Waals surface area contributed by atoms with Gasteiger partial charge in [-0.1, -0.05) is 6.08 Å². The molecule has 0 atom stereocenters. The van der Waals surface area contributed by atoms with E-state index in [9.17, 15) is 14.9 Å². The number of hydrogen-bond donors (Lipinski definition) is 0. The van der Waals surface area contributed by atoms with Gasteiger partial charge in [-0.05, 0) is 35.9 Å². The summed E-state index contributed by atoms with van der Waals surface area (Å²) in [6.45, 7) is 0. The molecule has 0 fully saturated rings. The molecule has 0 aliphatic carbocycles. The molecule has 0 N–H and O–H groups in total. The number of benzene rings is 2. The Labute approximate surface area is 156 Å². The molecule has 0 aromatic heterocycles. The molecule has 142 valence electrons. The number of ketones is 1. The molecule has 0 unspecified atom stereocenters. The lowest BCUT2D eigenvalue weighted by Crippen LogP contribution is -1.99. The van der Waals surface area contributed by atoms with E-state index in [1.807, 2.05) is 0 Å². The minimum Gasteiger partial charge on any atom is -0.493 e. The number of hydrogen-bond acceptors (Lipinski definition) is 7. The lowest BCUT2D eigenvalue weighted by molar-refractivity contribution is -0.385. The lowest BCUT2D eigenvalue weighted by atomic mass is 10.1. The first-order chi connectivity index (χ1) is 12.9. The Hall–Kier alpha value is -3.55. The zero-order valence-electron chi connectivity index (χ0n) is 15.3.